The van der Waals surface area contributed by atoms with Gasteiger partial charge in [-0.3, -0.25) is 9.59 Å². The van der Waals surface area contributed by atoms with Crippen LogP contribution in [0.5, 0.6) is 0 Å². The Labute approximate surface area is 175 Å². The molecule has 0 aliphatic rings. The number of halogens is 2. The number of hydrogen-bond donors (Lipinski definition) is 2. The molecule has 3 aromatic rings. The van der Waals surface area contributed by atoms with Crippen LogP contribution in [-0.4, -0.2) is 43.5 Å². The molecule has 2 N–H and O–H groups in total. The molecule has 0 atom stereocenters. The van der Waals surface area contributed by atoms with Gasteiger partial charge in [0.2, 0.25) is 0 Å². The lowest BCUT2D eigenvalue weighted by Gasteiger charge is -2.07. The Balaban J connectivity index is 1.51. The molecule has 0 aliphatic carbocycles. The first-order chi connectivity index (χ1) is 14.8. The van der Waals surface area contributed by atoms with Gasteiger partial charge >= 0.3 is 11.8 Å². The zero-order chi connectivity index (χ0) is 22.4. The second-order valence-electron chi connectivity index (χ2n) is 6.20. The number of carbonyl (C=O) groups is 2. The number of carbonyl (C=O) groups excluding carboxylic acids is 2. The molecule has 0 radical (unpaired) electrons. The van der Waals surface area contributed by atoms with Gasteiger partial charge in [0.05, 0.1) is 4.90 Å². The maximum Gasteiger partial charge on any atom is 0.315 e. The Kier molecular flexibility index (Phi) is 6.70. The lowest BCUT2D eigenvalue weighted by atomic mass is 10.2. The molecular formula is C19H16F2N4O5S. The first-order valence-corrected chi connectivity index (χ1v) is 10.5. The van der Waals surface area contributed by atoms with E-state index >= 15 is 0 Å². The zero-order valence-corrected chi connectivity index (χ0v) is 16.7. The Bertz CT molecular complexity index is 1180. The van der Waals surface area contributed by atoms with Crippen molar-refractivity contribution in [3.63, 3.8) is 0 Å². The van der Waals surface area contributed by atoms with Gasteiger partial charge in [0.25, 0.3) is 5.91 Å². The monoisotopic (exact) mass is 450 g/mol. The van der Waals surface area contributed by atoms with Crippen LogP contribution in [0, 0.1) is 11.6 Å². The summed E-state index contributed by atoms with van der Waals surface area (Å²) in [5.41, 5.74) is -0.727. The van der Waals surface area contributed by atoms with Crippen molar-refractivity contribution in [2.75, 3.05) is 13.1 Å². The van der Waals surface area contributed by atoms with Crippen LogP contribution in [-0.2, 0) is 15.6 Å². The number of rotatable bonds is 8. The molecule has 2 amide bonds. The second kappa shape index (κ2) is 9.43. The van der Waals surface area contributed by atoms with E-state index in [1.165, 1.54) is 12.1 Å². The highest BCUT2D eigenvalue weighted by Gasteiger charge is 2.22. The minimum atomic E-state index is -3.72. The van der Waals surface area contributed by atoms with Crippen LogP contribution < -0.4 is 10.6 Å². The molecule has 31 heavy (non-hydrogen) atoms. The first-order valence-electron chi connectivity index (χ1n) is 8.89. The molecule has 12 heteroatoms. The van der Waals surface area contributed by atoms with Gasteiger partial charge in [-0.15, -0.1) is 0 Å². The van der Waals surface area contributed by atoms with Crippen LogP contribution in [0.25, 0.3) is 0 Å². The smallest absolute Gasteiger partial charge is 0.315 e. The van der Waals surface area contributed by atoms with Crippen LogP contribution in [0.3, 0.4) is 0 Å². The molecule has 0 bridgehead atoms. The van der Waals surface area contributed by atoms with Gasteiger partial charge in [-0.05, 0) is 24.3 Å². The van der Waals surface area contributed by atoms with Crippen molar-refractivity contribution in [3.05, 3.63) is 77.4 Å². The fourth-order valence-corrected chi connectivity index (χ4v) is 3.71. The average molecular weight is 450 g/mol. The summed E-state index contributed by atoms with van der Waals surface area (Å²) < 4.78 is 56.5. The third-order valence-corrected chi connectivity index (χ3v) is 5.60. The Morgan fingerprint density at radius 3 is 2.16 bits per heavy atom. The Hall–Kier alpha value is -3.67. The van der Waals surface area contributed by atoms with Gasteiger partial charge in [0.1, 0.15) is 23.0 Å². The predicted molar refractivity (Wildman–Crippen MR) is 103 cm³/mol. The van der Waals surface area contributed by atoms with E-state index in [9.17, 15) is 26.8 Å². The van der Waals surface area contributed by atoms with E-state index < -0.39 is 50.5 Å². The fourth-order valence-electron chi connectivity index (χ4n) is 2.52. The van der Waals surface area contributed by atoms with E-state index in [2.05, 4.69) is 20.8 Å². The van der Waals surface area contributed by atoms with Crippen molar-refractivity contribution < 1.29 is 31.3 Å². The van der Waals surface area contributed by atoms with E-state index in [0.29, 0.717) is 0 Å². The third-order valence-electron chi connectivity index (χ3n) is 3.97. The molecule has 0 unspecified atom stereocenters. The molecule has 0 spiro atoms. The van der Waals surface area contributed by atoms with Crippen molar-refractivity contribution in [1.82, 2.24) is 20.8 Å². The summed E-state index contributed by atoms with van der Waals surface area (Å²) in [6.45, 7) is -0.248. The summed E-state index contributed by atoms with van der Waals surface area (Å²) in [4.78, 5) is 27.7. The molecule has 1 heterocycles. The van der Waals surface area contributed by atoms with Gasteiger partial charge in [0, 0.05) is 13.1 Å². The zero-order valence-electron chi connectivity index (χ0n) is 15.8. The van der Waals surface area contributed by atoms with Gasteiger partial charge in [-0.25, -0.2) is 17.2 Å². The lowest BCUT2D eigenvalue weighted by Crippen LogP contribution is -2.35. The molecular weight excluding hydrogens is 434 g/mol. The minimum Gasteiger partial charge on any atom is -0.350 e. The third kappa shape index (κ3) is 5.48. The fraction of sp³-hybridized carbons (Fsp3) is 0.158. The van der Waals surface area contributed by atoms with E-state index in [4.69, 9.17) is 4.52 Å². The standard InChI is InChI=1S/C19H16F2N4O5S/c20-13-7-4-8-14(21)16(13)17(26)22-9-10-23-18(27)19-24-15(25-30-19)11-31(28,29)12-5-2-1-3-6-12/h1-8H,9-11H2,(H,22,26)(H,23,27). The molecule has 1 aromatic heterocycles. The molecule has 162 valence electrons. The van der Waals surface area contributed by atoms with E-state index in [1.54, 1.807) is 18.2 Å². The first kappa shape index (κ1) is 22.0. The largest absolute Gasteiger partial charge is 0.350 e. The van der Waals surface area contributed by atoms with Crippen molar-refractivity contribution in [2.24, 2.45) is 0 Å². The SMILES string of the molecule is O=C(NCCNC(=O)c1c(F)cccc1F)c1nc(CS(=O)(=O)c2ccccc2)no1. The summed E-state index contributed by atoms with van der Waals surface area (Å²) in [6.07, 6.45) is 0. The number of amides is 2. The van der Waals surface area contributed by atoms with Gasteiger partial charge in [-0.1, -0.05) is 29.4 Å². The number of nitrogens with zero attached hydrogens (tertiary/aromatic N) is 2. The number of sulfone groups is 1. The molecule has 0 aliphatic heterocycles. The highest BCUT2D eigenvalue weighted by Crippen LogP contribution is 2.14. The van der Waals surface area contributed by atoms with Crippen LogP contribution in [0.4, 0.5) is 8.78 Å². The minimum absolute atomic E-state index is 0.0767. The molecule has 0 fully saturated rings. The van der Waals surface area contributed by atoms with Crippen LogP contribution in [0.2, 0.25) is 0 Å². The molecule has 0 saturated carbocycles. The average Bonchev–Trinajstić information content (AvgIpc) is 3.19. The maximum atomic E-state index is 13.5. The van der Waals surface area contributed by atoms with Crippen molar-refractivity contribution in [2.45, 2.75) is 10.6 Å². The molecule has 3 rings (SSSR count). The van der Waals surface area contributed by atoms with Crippen LogP contribution in [0.1, 0.15) is 26.9 Å². The van der Waals surface area contributed by atoms with E-state index in [-0.39, 0.29) is 23.8 Å². The molecule has 0 saturated heterocycles. The normalized spacial score (nSPS) is 11.2. The summed E-state index contributed by atoms with van der Waals surface area (Å²) in [7, 11) is -3.72. The lowest BCUT2D eigenvalue weighted by molar-refractivity contribution is 0.0896. The topological polar surface area (TPSA) is 131 Å². The predicted octanol–water partition coefficient (Wildman–Crippen LogP) is 1.48. The van der Waals surface area contributed by atoms with E-state index in [0.717, 1.165) is 18.2 Å². The maximum absolute atomic E-state index is 13.5. The number of nitrogens with one attached hydrogen (secondary N) is 2. The quantitative estimate of drug-likeness (QED) is 0.497. The molecule has 9 nitrogen and oxygen atoms in total. The van der Waals surface area contributed by atoms with Crippen molar-refractivity contribution in [1.29, 1.82) is 0 Å². The summed E-state index contributed by atoms with van der Waals surface area (Å²) in [5, 5.41) is 8.10. The summed E-state index contributed by atoms with van der Waals surface area (Å²) >= 11 is 0. The highest BCUT2D eigenvalue weighted by atomic mass is 32.2. The van der Waals surface area contributed by atoms with Gasteiger partial charge in [0.15, 0.2) is 15.7 Å². The van der Waals surface area contributed by atoms with Gasteiger partial charge in [-0.2, -0.15) is 4.98 Å². The van der Waals surface area contributed by atoms with Crippen molar-refractivity contribution >= 4 is 21.7 Å². The summed E-state index contributed by atoms with van der Waals surface area (Å²) in [5.74, 6) is -5.02. The number of benzene rings is 2. The highest BCUT2D eigenvalue weighted by molar-refractivity contribution is 7.90. The van der Waals surface area contributed by atoms with Crippen molar-refractivity contribution in [3.8, 4) is 0 Å². The number of aromatic nitrogens is 2. The van der Waals surface area contributed by atoms with Gasteiger partial charge < -0.3 is 15.2 Å². The Morgan fingerprint density at radius 1 is 0.903 bits per heavy atom. The Morgan fingerprint density at radius 2 is 1.52 bits per heavy atom. The van der Waals surface area contributed by atoms with Crippen LogP contribution in [0.15, 0.2) is 57.9 Å². The van der Waals surface area contributed by atoms with E-state index in [1.807, 2.05) is 0 Å². The van der Waals surface area contributed by atoms with Crippen LogP contribution >= 0.6 is 0 Å². The summed E-state index contributed by atoms with van der Waals surface area (Å²) in [6, 6.07) is 10.7. The number of hydrogen-bond acceptors (Lipinski definition) is 7. The second-order valence-corrected chi connectivity index (χ2v) is 8.19. The molecule has 2 aromatic carbocycles.